The first-order chi connectivity index (χ1) is 39.7. The lowest BCUT2D eigenvalue weighted by Gasteiger charge is -2.50. The van der Waals surface area contributed by atoms with Gasteiger partial charge in [-0.25, -0.2) is 9.78 Å². The highest BCUT2D eigenvalue weighted by Gasteiger charge is 2.53. The fourth-order valence-electron chi connectivity index (χ4n) is 9.07. The van der Waals surface area contributed by atoms with Gasteiger partial charge >= 0.3 is 22.1 Å². The topological polar surface area (TPSA) is 221 Å². The monoisotopic (exact) mass is 1170 g/mol. The number of ether oxygens (including phenoxy) is 2. The number of nitrogens with zero attached hydrogens (tertiary/aromatic N) is 3. The maximum Gasteiger partial charge on any atom is 0.353 e. The van der Waals surface area contributed by atoms with E-state index in [-0.39, 0.29) is 33.4 Å². The third-order valence-electron chi connectivity index (χ3n) is 13.2. The van der Waals surface area contributed by atoms with E-state index in [9.17, 15) is 32.4 Å². The van der Waals surface area contributed by atoms with Crippen molar-refractivity contribution in [3.8, 4) is 0 Å². The van der Waals surface area contributed by atoms with Gasteiger partial charge in [0.2, 0.25) is 11.5 Å². The number of thiazole rings is 1. The van der Waals surface area contributed by atoms with E-state index < -0.39 is 80.5 Å². The number of hydrogen-bond acceptors (Lipinski definition) is 16. The lowest BCUT2D eigenvalue weighted by Crippen LogP contribution is -2.71. The number of aromatic nitrogens is 1. The predicted octanol–water partition coefficient (Wildman–Crippen LogP) is 10.1. The number of β-lactam (4-membered cyclic amide) rings is 1. The van der Waals surface area contributed by atoms with Crippen LogP contribution < -0.4 is 16.0 Å². The number of fused-ring (bicyclic) bond motifs is 1. The van der Waals surface area contributed by atoms with E-state index >= 15 is 0 Å². The molecule has 0 saturated carbocycles. The smallest absolute Gasteiger partial charge is 0.353 e. The van der Waals surface area contributed by atoms with E-state index in [4.69, 9.17) is 23.5 Å². The summed E-state index contributed by atoms with van der Waals surface area (Å²) in [6.07, 6.45) is 0.609. The maximum absolute atomic E-state index is 14.9. The van der Waals surface area contributed by atoms with Crippen molar-refractivity contribution in [3.05, 3.63) is 244 Å². The Hall–Kier alpha value is -8.85. The van der Waals surface area contributed by atoms with Crippen LogP contribution in [0.25, 0.3) is 0 Å². The van der Waals surface area contributed by atoms with E-state index in [1.807, 2.05) is 110 Å². The highest BCUT2D eigenvalue weighted by Crippen LogP contribution is 2.42. The van der Waals surface area contributed by atoms with Gasteiger partial charge in [-0.05, 0) is 87.6 Å². The second-order valence-electron chi connectivity index (χ2n) is 20.9. The summed E-state index contributed by atoms with van der Waals surface area (Å²) in [5.74, 6) is -4.10. The number of carbonyl (C=O) groups is 5. The number of hydrogen-bond donors (Lipinski definition) is 3. The van der Waals surface area contributed by atoms with Gasteiger partial charge in [-0.2, -0.15) is 8.42 Å². The summed E-state index contributed by atoms with van der Waals surface area (Å²) in [6, 6.07) is 52.4. The number of aryl methyl sites for hydroxylation is 1. The Morgan fingerprint density at radius 1 is 0.759 bits per heavy atom. The van der Waals surface area contributed by atoms with Crippen LogP contribution in [-0.2, 0) is 58.1 Å². The van der Waals surface area contributed by atoms with Crippen molar-refractivity contribution in [2.45, 2.75) is 87.1 Å². The molecule has 20 heteroatoms. The number of nitrogens with one attached hydrogen (secondary N) is 3. The van der Waals surface area contributed by atoms with Gasteiger partial charge in [0.1, 0.15) is 51.6 Å². The van der Waals surface area contributed by atoms with Crippen molar-refractivity contribution >= 4 is 73.7 Å². The lowest BCUT2D eigenvalue weighted by atomic mass is 9.77. The molecule has 17 nitrogen and oxygen atoms in total. The fraction of sp³-hybridized carbons (Fsp3) is 0.222. The highest BCUT2D eigenvalue weighted by molar-refractivity contribution is 8.00. The molecule has 426 valence electrons. The number of thioether (sulfide) groups is 1. The summed E-state index contributed by atoms with van der Waals surface area (Å²) in [5.41, 5.74) is 1.14. The third-order valence-corrected chi connectivity index (χ3v) is 16.5. The number of oxime groups is 1. The van der Waals surface area contributed by atoms with Crippen molar-refractivity contribution in [3.63, 3.8) is 0 Å². The van der Waals surface area contributed by atoms with Crippen molar-refractivity contribution in [2.24, 2.45) is 5.16 Å². The molecule has 1 aromatic heterocycles. The van der Waals surface area contributed by atoms with E-state index in [2.05, 4.69) is 21.1 Å². The van der Waals surface area contributed by atoms with Crippen LogP contribution >= 0.6 is 23.1 Å². The molecule has 0 spiro atoms. The van der Waals surface area contributed by atoms with Gasteiger partial charge in [-0.1, -0.05) is 175 Å². The fourth-order valence-corrected chi connectivity index (χ4v) is 11.9. The molecule has 2 aliphatic heterocycles. The number of amides is 3. The van der Waals surface area contributed by atoms with E-state index in [0.29, 0.717) is 16.3 Å². The van der Waals surface area contributed by atoms with Gasteiger partial charge < -0.3 is 34.4 Å². The van der Waals surface area contributed by atoms with Gasteiger partial charge in [0.05, 0.1) is 0 Å². The lowest BCUT2D eigenvalue weighted by molar-refractivity contribution is -0.179. The summed E-state index contributed by atoms with van der Waals surface area (Å²) < 4.78 is 43.2. The largest absolute Gasteiger partial charge is 0.457 e. The van der Waals surface area contributed by atoms with E-state index in [1.165, 1.54) is 60.1 Å². The third kappa shape index (κ3) is 13.7. The zero-order valence-electron chi connectivity index (χ0n) is 46.2. The second-order valence-corrected chi connectivity index (χ2v) is 24.4. The van der Waals surface area contributed by atoms with Crippen molar-refractivity contribution in [2.75, 3.05) is 11.1 Å². The van der Waals surface area contributed by atoms with Crippen LogP contribution in [-0.4, -0.2) is 82.0 Å². The molecule has 3 N–H and O–H groups in total. The van der Waals surface area contributed by atoms with Crippen LogP contribution in [0, 0.1) is 6.92 Å². The SMILES string of the molecule is Cc1ccc(S(=O)(=O)O/C=C/C2=C(NC(=O)CC(=O)OC(c3ccccc3)c3ccccc3)N3C(=O)C(NC(=O)/C(=N/OC(C)(C)C(=O)OC(C)(C)C)c4csc(NC(c5ccccc5)(c5ccccc5)c5ccccc5)n4)C3SC2)cc1. The van der Waals surface area contributed by atoms with Crippen LogP contribution in [0.3, 0.4) is 0 Å². The molecular formula is C63H60N6O11S3. The zero-order valence-corrected chi connectivity index (χ0v) is 48.6. The highest BCUT2D eigenvalue weighted by atomic mass is 32.2. The van der Waals surface area contributed by atoms with Crippen molar-refractivity contribution in [1.29, 1.82) is 0 Å². The van der Waals surface area contributed by atoms with Gasteiger partial charge in [-0.15, -0.1) is 23.1 Å². The summed E-state index contributed by atoms with van der Waals surface area (Å²) in [6.45, 7) is 9.80. The van der Waals surface area contributed by atoms with Gasteiger partial charge in [0.25, 0.3) is 11.8 Å². The molecule has 2 unspecified atom stereocenters. The van der Waals surface area contributed by atoms with Crippen LogP contribution in [0.1, 0.15) is 86.2 Å². The normalized spacial score (nSPS) is 15.7. The summed E-state index contributed by atoms with van der Waals surface area (Å²) >= 11 is 2.38. The minimum atomic E-state index is -4.29. The molecule has 1 fully saturated rings. The number of benzene rings is 6. The van der Waals surface area contributed by atoms with Crippen LogP contribution in [0.15, 0.2) is 215 Å². The minimum absolute atomic E-state index is 0.0347. The molecule has 0 radical (unpaired) electrons. The molecule has 6 aromatic carbocycles. The predicted molar refractivity (Wildman–Crippen MR) is 317 cm³/mol. The molecule has 3 amide bonds. The van der Waals surface area contributed by atoms with Gasteiger partial charge in [0, 0.05) is 16.7 Å². The van der Waals surface area contributed by atoms with E-state index in [0.717, 1.165) is 28.5 Å². The maximum atomic E-state index is 14.9. The average Bonchev–Trinajstić information content (AvgIpc) is 1.67. The number of carbonyl (C=O) groups excluding carboxylic acids is 5. The quantitative estimate of drug-likeness (QED) is 0.00891. The summed E-state index contributed by atoms with van der Waals surface area (Å²) in [5, 5.41) is 14.6. The van der Waals surface area contributed by atoms with Gasteiger partial charge in [-0.3, -0.25) is 24.1 Å². The number of rotatable bonds is 21. The van der Waals surface area contributed by atoms with Crippen LogP contribution in [0.5, 0.6) is 0 Å². The van der Waals surface area contributed by atoms with E-state index in [1.54, 1.807) is 86.8 Å². The summed E-state index contributed by atoms with van der Waals surface area (Å²) in [4.78, 5) is 82.4. The average molecular weight is 1170 g/mol. The first-order valence-electron chi connectivity index (χ1n) is 26.4. The Kier molecular flexibility index (Phi) is 17.8. The molecule has 1 saturated heterocycles. The molecular weight excluding hydrogens is 1110 g/mol. The minimum Gasteiger partial charge on any atom is -0.457 e. The first-order valence-corrected chi connectivity index (χ1v) is 29.7. The standard InChI is InChI=1S/C63H60N6O11S3/c1-41-32-34-48(35-33-41)83(75,76)77-37-36-44-39-81-58-53(57(73)69(58)55(44)65-50(70)38-51(71)78-54(42-22-12-7-13-23-42)43-24-14-8-15-25-43)66-56(72)52(68-80-62(5,6)59(74)79-61(2,3)4)49-40-82-60(64-49)67-63(45-26-16-9-17-27-45,46-28-18-10-19-29-46)47-30-20-11-21-31-47/h7-37,40,53-54,58H,38-39H2,1-6H3,(H,64,67)(H,65,70)(H,66,72)/b37-36+,68-52+. The Morgan fingerprint density at radius 3 is 1.82 bits per heavy atom. The molecule has 2 aliphatic rings. The zero-order chi connectivity index (χ0) is 58.9. The Labute approximate surface area is 489 Å². The van der Waals surface area contributed by atoms with Crippen molar-refractivity contribution in [1.82, 2.24) is 20.5 Å². The molecule has 83 heavy (non-hydrogen) atoms. The number of anilines is 1. The van der Waals surface area contributed by atoms with Crippen LogP contribution in [0.2, 0.25) is 0 Å². The van der Waals surface area contributed by atoms with Gasteiger partial charge in [0.15, 0.2) is 16.9 Å². The molecule has 0 bridgehead atoms. The number of esters is 2. The van der Waals surface area contributed by atoms with Crippen molar-refractivity contribution < 1.29 is 50.9 Å². The Morgan fingerprint density at radius 2 is 1.29 bits per heavy atom. The molecule has 7 aromatic rings. The second kappa shape index (κ2) is 25.1. The first kappa shape index (κ1) is 58.8. The molecule has 0 aliphatic carbocycles. The Balaban J connectivity index is 1.01. The molecule has 2 atom stereocenters. The molecule has 9 rings (SSSR count). The van der Waals surface area contributed by atoms with Crippen LogP contribution in [0.4, 0.5) is 5.13 Å². The summed E-state index contributed by atoms with van der Waals surface area (Å²) in [7, 11) is -4.29. The number of allylic oxidation sites excluding steroid dienone is 1. The molecule has 3 heterocycles. The Bertz CT molecular complexity index is 3550.